The van der Waals surface area contributed by atoms with Crippen LogP contribution in [0.3, 0.4) is 0 Å². The van der Waals surface area contributed by atoms with Crippen LogP contribution in [-0.4, -0.2) is 9.43 Å². The summed E-state index contributed by atoms with van der Waals surface area (Å²) in [6.07, 6.45) is 4.05. The van der Waals surface area contributed by atoms with Crippen molar-refractivity contribution in [2.24, 2.45) is 0 Å². The van der Waals surface area contributed by atoms with E-state index in [0.717, 1.165) is 16.1 Å². The molecule has 0 amide bonds. The molecule has 0 aliphatic heterocycles. The van der Waals surface area contributed by atoms with Crippen LogP contribution in [0.5, 0.6) is 0 Å². The summed E-state index contributed by atoms with van der Waals surface area (Å²) in [5.74, 6) is 0. The van der Waals surface area contributed by atoms with Gasteiger partial charge in [-0.05, 0) is 36.8 Å². The van der Waals surface area contributed by atoms with Crippen LogP contribution in [-0.2, 0) is 0 Å². The molecule has 1 aromatic carbocycles. The van der Waals surface area contributed by atoms with Gasteiger partial charge in [0.1, 0.15) is 0 Å². The molecule has 2 heteroatoms. The maximum absolute atomic E-state index is 5.14. The topological polar surface area (TPSA) is 4.93 Å². The average molecular weight is 201 g/mol. The summed E-state index contributed by atoms with van der Waals surface area (Å²) >= 11 is 5.14. The third kappa shape index (κ3) is 1.75. The van der Waals surface area contributed by atoms with E-state index in [1.54, 1.807) is 0 Å². The van der Waals surface area contributed by atoms with Crippen molar-refractivity contribution >= 4 is 17.1 Å². The molecule has 0 radical (unpaired) electrons. The molecule has 0 aliphatic rings. The van der Waals surface area contributed by atoms with Crippen molar-refractivity contribution in [2.75, 3.05) is 0 Å². The minimum atomic E-state index is 0.930. The summed E-state index contributed by atoms with van der Waals surface area (Å²) in [6, 6.07) is 12.3. The second-order valence-corrected chi connectivity index (χ2v) is 3.81. The average Bonchev–Trinajstić information content (AvgIpc) is 2.71. The molecule has 0 bridgehead atoms. The summed E-state index contributed by atoms with van der Waals surface area (Å²) in [4.78, 5) is 0.930. The number of rotatable bonds is 2. The molecule has 0 saturated carbocycles. The summed E-state index contributed by atoms with van der Waals surface area (Å²) in [6.45, 7) is 1.95. The Balaban J connectivity index is 2.46. The molecular formula is C12H11NS. The molecule has 1 nitrogen and oxygen atoms in total. The largest absolute Gasteiger partial charge is 0.324 e. The lowest BCUT2D eigenvalue weighted by Gasteiger charge is -2.04. The van der Waals surface area contributed by atoms with Gasteiger partial charge in [-0.3, -0.25) is 0 Å². The van der Waals surface area contributed by atoms with Gasteiger partial charge in [0, 0.05) is 22.9 Å². The molecule has 0 atom stereocenters. The first-order valence-electron chi connectivity index (χ1n) is 4.52. The molecule has 14 heavy (non-hydrogen) atoms. The molecular weight excluding hydrogens is 190 g/mol. The predicted octanol–water partition coefficient (Wildman–Crippen LogP) is 3.22. The Bertz CT molecular complexity index is 443. The number of nitrogens with zero attached hydrogens (tertiary/aromatic N) is 1. The van der Waals surface area contributed by atoms with E-state index in [2.05, 4.69) is 16.7 Å². The van der Waals surface area contributed by atoms with E-state index in [-0.39, 0.29) is 0 Å². The molecule has 2 aromatic rings. The van der Waals surface area contributed by atoms with Gasteiger partial charge < -0.3 is 4.57 Å². The van der Waals surface area contributed by atoms with E-state index >= 15 is 0 Å². The van der Waals surface area contributed by atoms with Crippen LogP contribution < -0.4 is 0 Å². The second kappa shape index (κ2) is 3.76. The van der Waals surface area contributed by atoms with E-state index < -0.39 is 0 Å². The zero-order valence-electron chi connectivity index (χ0n) is 7.97. The van der Waals surface area contributed by atoms with Gasteiger partial charge in [0.15, 0.2) is 0 Å². The molecule has 70 valence electrons. The monoisotopic (exact) mass is 201 g/mol. The molecule has 0 spiro atoms. The molecule has 1 aromatic heterocycles. The first-order chi connectivity index (χ1) is 6.77. The van der Waals surface area contributed by atoms with Crippen LogP contribution in [0.25, 0.3) is 5.69 Å². The minimum absolute atomic E-state index is 0.930. The number of hydrogen-bond donors (Lipinski definition) is 0. The number of benzene rings is 1. The van der Waals surface area contributed by atoms with Gasteiger partial charge in [0.25, 0.3) is 0 Å². The van der Waals surface area contributed by atoms with Crippen LogP contribution in [0, 0.1) is 0 Å². The Morgan fingerprint density at radius 3 is 2.50 bits per heavy atom. The van der Waals surface area contributed by atoms with Crippen molar-refractivity contribution in [3.05, 3.63) is 54.4 Å². The van der Waals surface area contributed by atoms with E-state index in [9.17, 15) is 0 Å². The highest BCUT2D eigenvalue weighted by molar-refractivity contribution is 7.80. The Hall–Kier alpha value is -1.41. The molecule has 0 N–H and O–H groups in total. The fourth-order valence-corrected chi connectivity index (χ4v) is 1.52. The zero-order valence-corrected chi connectivity index (χ0v) is 8.79. The molecule has 0 unspecified atom stereocenters. The van der Waals surface area contributed by atoms with Gasteiger partial charge in [0.05, 0.1) is 0 Å². The summed E-state index contributed by atoms with van der Waals surface area (Å²) < 4.78 is 2.07. The van der Waals surface area contributed by atoms with Crippen molar-refractivity contribution < 1.29 is 0 Å². The Kier molecular flexibility index (Phi) is 2.46. The van der Waals surface area contributed by atoms with Gasteiger partial charge in [-0.15, -0.1) is 0 Å². The fourth-order valence-electron chi connectivity index (χ4n) is 1.39. The maximum Gasteiger partial charge on any atom is 0.0455 e. The van der Waals surface area contributed by atoms with E-state index in [1.165, 1.54) is 0 Å². The van der Waals surface area contributed by atoms with E-state index in [0.29, 0.717) is 0 Å². The van der Waals surface area contributed by atoms with Crippen LogP contribution in [0.2, 0.25) is 0 Å². The van der Waals surface area contributed by atoms with Crippen molar-refractivity contribution in [1.29, 1.82) is 0 Å². The van der Waals surface area contributed by atoms with E-state index in [1.807, 2.05) is 43.6 Å². The van der Waals surface area contributed by atoms with Gasteiger partial charge in [-0.2, -0.15) is 0 Å². The molecule has 0 fully saturated rings. The van der Waals surface area contributed by atoms with Crippen molar-refractivity contribution in [2.45, 2.75) is 6.92 Å². The molecule has 2 rings (SSSR count). The molecule has 0 aliphatic carbocycles. The first kappa shape index (κ1) is 9.16. The normalized spacial score (nSPS) is 10.1. The van der Waals surface area contributed by atoms with Crippen LogP contribution in [0.4, 0.5) is 0 Å². The van der Waals surface area contributed by atoms with Gasteiger partial charge >= 0.3 is 0 Å². The zero-order chi connectivity index (χ0) is 9.97. The summed E-state index contributed by atoms with van der Waals surface area (Å²) in [7, 11) is 0. The third-order valence-corrected chi connectivity index (χ3v) is 2.39. The SMILES string of the molecule is CC(=S)c1cccc(-n2cccc2)c1. The van der Waals surface area contributed by atoms with E-state index in [4.69, 9.17) is 12.2 Å². The standard InChI is InChI=1S/C12H11NS/c1-10(14)11-5-4-6-12(9-11)13-7-2-3-8-13/h2-9H,1H3. The molecule has 1 heterocycles. The minimum Gasteiger partial charge on any atom is -0.324 e. The highest BCUT2D eigenvalue weighted by Crippen LogP contribution is 2.11. The Morgan fingerprint density at radius 2 is 1.86 bits per heavy atom. The number of aromatic nitrogens is 1. The maximum atomic E-state index is 5.14. The lowest BCUT2D eigenvalue weighted by Crippen LogP contribution is -1.94. The van der Waals surface area contributed by atoms with Gasteiger partial charge in [-0.25, -0.2) is 0 Å². The van der Waals surface area contributed by atoms with Crippen LogP contribution in [0.1, 0.15) is 12.5 Å². The number of thiocarbonyl (C=S) groups is 1. The van der Waals surface area contributed by atoms with Crippen molar-refractivity contribution in [1.82, 2.24) is 4.57 Å². The van der Waals surface area contributed by atoms with Gasteiger partial charge in [0.2, 0.25) is 0 Å². The quantitative estimate of drug-likeness (QED) is 0.533. The van der Waals surface area contributed by atoms with Crippen molar-refractivity contribution in [3.63, 3.8) is 0 Å². The first-order valence-corrected chi connectivity index (χ1v) is 4.92. The summed E-state index contributed by atoms with van der Waals surface area (Å²) in [5, 5.41) is 0. The van der Waals surface area contributed by atoms with Crippen molar-refractivity contribution in [3.8, 4) is 5.69 Å². The van der Waals surface area contributed by atoms with Crippen LogP contribution in [0.15, 0.2) is 48.8 Å². The Labute approximate surface area is 89.0 Å². The highest BCUT2D eigenvalue weighted by Gasteiger charge is 1.98. The fraction of sp³-hybridized carbons (Fsp3) is 0.0833. The Morgan fingerprint density at radius 1 is 1.14 bits per heavy atom. The lowest BCUT2D eigenvalue weighted by molar-refractivity contribution is 1.08. The lowest BCUT2D eigenvalue weighted by atomic mass is 10.1. The second-order valence-electron chi connectivity index (χ2n) is 3.20. The summed E-state index contributed by atoms with van der Waals surface area (Å²) in [5.41, 5.74) is 2.27. The molecule has 0 saturated heterocycles. The smallest absolute Gasteiger partial charge is 0.0455 e. The number of hydrogen-bond acceptors (Lipinski definition) is 1. The highest BCUT2D eigenvalue weighted by atomic mass is 32.1. The predicted molar refractivity (Wildman–Crippen MR) is 63.1 cm³/mol. The van der Waals surface area contributed by atoms with Gasteiger partial charge in [-0.1, -0.05) is 24.4 Å². The van der Waals surface area contributed by atoms with Crippen LogP contribution >= 0.6 is 12.2 Å². The third-order valence-electron chi connectivity index (χ3n) is 2.16.